The van der Waals surface area contributed by atoms with E-state index in [0.29, 0.717) is 5.92 Å². The average Bonchev–Trinajstić information content (AvgIpc) is 3.12. The van der Waals surface area contributed by atoms with Crippen LogP contribution in [0.4, 0.5) is 0 Å². The van der Waals surface area contributed by atoms with Gasteiger partial charge in [-0.1, -0.05) is 0 Å². The Morgan fingerprint density at radius 1 is 1.39 bits per heavy atom. The van der Waals surface area contributed by atoms with Gasteiger partial charge in [0.1, 0.15) is 0 Å². The molecule has 2 rings (SSSR count). The van der Waals surface area contributed by atoms with E-state index in [1.807, 2.05) is 0 Å². The van der Waals surface area contributed by atoms with Gasteiger partial charge in [-0.2, -0.15) is 0 Å². The van der Waals surface area contributed by atoms with Crippen molar-refractivity contribution >= 4 is 0 Å². The lowest BCUT2D eigenvalue weighted by Gasteiger charge is -2.08. The van der Waals surface area contributed by atoms with Gasteiger partial charge in [-0.25, -0.2) is 0 Å². The third-order valence-corrected chi connectivity index (χ3v) is 3.42. The summed E-state index contributed by atoms with van der Waals surface area (Å²) in [4.78, 5) is 0. The van der Waals surface area contributed by atoms with Crippen molar-refractivity contribution in [2.75, 3.05) is 26.9 Å². The summed E-state index contributed by atoms with van der Waals surface area (Å²) in [6.07, 6.45) is 7.78. The first-order valence-corrected chi connectivity index (χ1v) is 6.79. The third kappa shape index (κ3) is 4.12. The molecule has 0 aliphatic heterocycles. The molecule has 1 aliphatic rings. The van der Waals surface area contributed by atoms with E-state index in [-0.39, 0.29) is 6.04 Å². The van der Waals surface area contributed by atoms with E-state index in [2.05, 4.69) is 23.0 Å². The molecule has 0 aromatic carbocycles. The fraction of sp³-hybridized carbons (Fsp3) is 0.714. The molecule has 0 bridgehead atoms. The highest BCUT2D eigenvalue weighted by Gasteiger charge is 2.29. The Morgan fingerprint density at radius 3 is 2.94 bits per heavy atom. The lowest BCUT2D eigenvalue weighted by atomic mass is 10.1. The number of aromatic nitrogens is 1. The van der Waals surface area contributed by atoms with Gasteiger partial charge in [0, 0.05) is 45.3 Å². The maximum Gasteiger partial charge on any atom is 0.0645 e. The van der Waals surface area contributed by atoms with Crippen molar-refractivity contribution in [1.82, 2.24) is 4.57 Å². The van der Waals surface area contributed by atoms with Crippen LogP contribution in [0.25, 0.3) is 0 Å². The third-order valence-electron chi connectivity index (χ3n) is 3.42. The number of hydrogen-bond donors (Lipinski definition) is 1. The minimum absolute atomic E-state index is 0.230. The monoisotopic (exact) mass is 252 g/mol. The Labute approximate surface area is 109 Å². The van der Waals surface area contributed by atoms with E-state index in [9.17, 15) is 0 Å². The summed E-state index contributed by atoms with van der Waals surface area (Å²) >= 11 is 0. The van der Waals surface area contributed by atoms with Gasteiger partial charge in [0.2, 0.25) is 0 Å². The number of ether oxygens (including phenoxy) is 2. The smallest absolute Gasteiger partial charge is 0.0645 e. The minimum atomic E-state index is 0.230. The normalized spacial score (nSPS) is 17.0. The molecule has 1 aromatic rings. The zero-order valence-electron chi connectivity index (χ0n) is 11.2. The summed E-state index contributed by atoms with van der Waals surface area (Å²) in [5.74, 6) is 0.714. The second-order valence-electron chi connectivity index (χ2n) is 5.00. The predicted octanol–water partition coefficient (Wildman–Crippen LogP) is 1.95. The second kappa shape index (κ2) is 6.92. The molecule has 1 unspecified atom stereocenters. The van der Waals surface area contributed by atoms with Gasteiger partial charge >= 0.3 is 0 Å². The standard InChI is InChI=1S/C14H24N2O2/c1-17-8-2-9-18-10-7-16-6-5-13(11-16)14(15)12-3-4-12/h5-6,11-12,14H,2-4,7-10,15H2,1H3. The molecule has 18 heavy (non-hydrogen) atoms. The first-order valence-electron chi connectivity index (χ1n) is 6.79. The number of hydrogen-bond acceptors (Lipinski definition) is 3. The van der Waals surface area contributed by atoms with Crippen molar-refractivity contribution in [3.63, 3.8) is 0 Å². The van der Waals surface area contributed by atoms with Crippen molar-refractivity contribution in [3.05, 3.63) is 24.0 Å². The molecule has 1 fully saturated rings. The molecule has 1 aliphatic carbocycles. The first-order chi connectivity index (χ1) is 8.81. The van der Waals surface area contributed by atoms with Crippen molar-refractivity contribution in [1.29, 1.82) is 0 Å². The maximum absolute atomic E-state index is 6.16. The van der Waals surface area contributed by atoms with Gasteiger partial charge < -0.3 is 19.8 Å². The molecule has 0 saturated heterocycles. The summed E-state index contributed by atoms with van der Waals surface area (Å²) in [5.41, 5.74) is 7.43. The SMILES string of the molecule is COCCCOCCn1ccc(C(N)C2CC2)c1. The Hall–Kier alpha value is -0.840. The number of rotatable bonds is 9. The molecule has 1 saturated carbocycles. The molecule has 1 atom stereocenters. The molecule has 0 radical (unpaired) electrons. The van der Waals surface area contributed by atoms with E-state index in [1.165, 1.54) is 18.4 Å². The first kappa shape index (κ1) is 13.6. The van der Waals surface area contributed by atoms with E-state index in [1.54, 1.807) is 7.11 Å². The lowest BCUT2D eigenvalue weighted by Crippen LogP contribution is -2.11. The van der Waals surface area contributed by atoms with Crippen LogP contribution in [0.2, 0.25) is 0 Å². The van der Waals surface area contributed by atoms with E-state index >= 15 is 0 Å². The highest BCUT2D eigenvalue weighted by atomic mass is 16.5. The molecule has 0 spiro atoms. The summed E-state index contributed by atoms with van der Waals surface area (Å²) in [5, 5.41) is 0. The fourth-order valence-electron chi connectivity index (χ4n) is 2.10. The zero-order chi connectivity index (χ0) is 12.8. The molecule has 1 heterocycles. The Bertz CT molecular complexity index is 347. The molecule has 4 heteroatoms. The Balaban J connectivity index is 1.64. The van der Waals surface area contributed by atoms with E-state index < -0.39 is 0 Å². The van der Waals surface area contributed by atoms with Gasteiger partial charge in [0.15, 0.2) is 0 Å². The van der Waals surface area contributed by atoms with Gasteiger partial charge in [0.05, 0.1) is 6.61 Å². The number of nitrogens with two attached hydrogens (primary N) is 1. The van der Waals surface area contributed by atoms with Gasteiger partial charge in [-0.05, 0) is 36.8 Å². The van der Waals surface area contributed by atoms with Crippen LogP contribution >= 0.6 is 0 Å². The van der Waals surface area contributed by atoms with Gasteiger partial charge in [-0.3, -0.25) is 0 Å². The molecular weight excluding hydrogens is 228 g/mol. The highest BCUT2D eigenvalue weighted by Crippen LogP contribution is 2.39. The maximum atomic E-state index is 6.16. The average molecular weight is 252 g/mol. The minimum Gasteiger partial charge on any atom is -0.385 e. The van der Waals surface area contributed by atoms with Crippen molar-refractivity contribution < 1.29 is 9.47 Å². The van der Waals surface area contributed by atoms with Gasteiger partial charge in [0.25, 0.3) is 0 Å². The Kier molecular flexibility index (Phi) is 5.23. The second-order valence-corrected chi connectivity index (χ2v) is 5.00. The quantitative estimate of drug-likeness (QED) is 0.683. The van der Waals surface area contributed by atoms with Gasteiger partial charge in [-0.15, -0.1) is 0 Å². The molecule has 102 valence electrons. The van der Waals surface area contributed by atoms with Crippen molar-refractivity contribution in [2.45, 2.75) is 31.8 Å². The Morgan fingerprint density at radius 2 is 2.22 bits per heavy atom. The van der Waals surface area contributed by atoms with Crippen LogP contribution in [0.3, 0.4) is 0 Å². The summed E-state index contributed by atoms with van der Waals surface area (Å²) in [7, 11) is 1.71. The molecule has 0 amide bonds. The number of methoxy groups -OCH3 is 1. The van der Waals surface area contributed by atoms with Crippen LogP contribution in [0.15, 0.2) is 18.5 Å². The van der Waals surface area contributed by atoms with Crippen LogP contribution in [-0.4, -0.2) is 31.5 Å². The van der Waals surface area contributed by atoms with Crippen LogP contribution in [0, 0.1) is 5.92 Å². The number of nitrogens with zero attached hydrogens (tertiary/aromatic N) is 1. The molecule has 1 aromatic heterocycles. The predicted molar refractivity (Wildman–Crippen MR) is 71.4 cm³/mol. The topological polar surface area (TPSA) is 49.4 Å². The highest BCUT2D eigenvalue weighted by molar-refractivity contribution is 5.17. The molecule has 2 N–H and O–H groups in total. The molecular formula is C14H24N2O2. The fourth-order valence-corrected chi connectivity index (χ4v) is 2.10. The van der Waals surface area contributed by atoms with Crippen LogP contribution in [-0.2, 0) is 16.0 Å². The van der Waals surface area contributed by atoms with Crippen LogP contribution < -0.4 is 5.73 Å². The summed E-state index contributed by atoms with van der Waals surface area (Å²) < 4.78 is 12.7. The largest absolute Gasteiger partial charge is 0.385 e. The molecule has 4 nitrogen and oxygen atoms in total. The lowest BCUT2D eigenvalue weighted by molar-refractivity contribution is 0.0977. The summed E-state index contributed by atoms with van der Waals surface area (Å²) in [6.45, 7) is 3.17. The van der Waals surface area contributed by atoms with E-state index in [0.717, 1.165) is 32.8 Å². The van der Waals surface area contributed by atoms with Crippen molar-refractivity contribution in [3.8, 4) is 0 Å². The van der Waals surface area contributed by atoms with Crippen LogP contribution in [0.5, 0.6) is 0 Å². The van der Waals surface area contributed by atoms with Crippen molar-refractivity contribution in [2.24, 2.45) is 11.7 Å². The zero-order valence-corrected chi connectivity index (χ0v) is 11.2. The van der Waals surface area contributed by atoms with Crippen LogP contribution in [0.1, 0.15) is 30.9 Å². The summed E-state index contributed by atoms with van der Waals surface area (Å²) in [6, 6.07) is 2.36. The van der Waals surface area contributed by atoms with E-state index in [4.69, 9.17) is 15.2 Å².